The molecule has 1 aliphatic heterocycles. The highest BCUT2D eigenvalue weighted by Crippen LogP contribution is 2.18. The zero-order valence-corrected chi connectivity index (χ0v) is 13.2. The van der Waals surface area contributed by atoms with Crippen molar-refractivity contribution in [2.24, 2.45) is 5.73 Å². The number of carbonyl (C=O) groups is 1. The largest absolute Gasteiger partial charge is 0.357 e. The molecule has 3 N–H and O–H groups in total. The number of rotatable bonds is 3. The Kier molecular flexibility index (Phi) is 8.53. The Balaban J connectivity index is 0.00000180. The predicted octanol–water partition coefficient (Wildman–Crippen LogP) is 2.20. The van der Waals surface area contributed by atoms with Crippen LogP contribution >= 0.6 is 24.8 Å². The first kappa shape index (κ1) is 19.0. The van der Waals surface area contributed by atoms with E-state index >= 15 is 0 Å². The number of halogens is 2. The number of nitrogens with one attached hydrogen (secondary N) is 1. The van der Waals surface area contributed by atoms with Crippen molar-refractivity contribution in [3.8, 4) is 0 Å². The molecule has 0 aromatic carbocycles. The van der Waals surface area contributed by atoms with E-state index in [2.05, 4.69) is 15.2 Å². The van der Waals surface area contributed by atoms with Gasteiger partial charge < -0.3 is 16.0 Å². The second-order valence-corrected chi connectivity index (χ2v) is 4.73. The summed E-state index contributed by atoms with van der Waals surface area (Å²) in [5, 5.41) is 2.73. The minimum Gasteiger partial charge on any atom is -0.357 e. The molecule has 20 heavy (non-hydrogen) atoms. The molecule has 0 aliphatic carbocycles. The average Bonchev–Trinajstić information content (AvgIpc) is 2.40. The quantitative estimate of drug-likeness (QED) is 0.895. The third kappa shape index (κ3) is 5.15. The topological polar surface area (TPSA) is 71.2 Å². The van der Waals surface area contributed by atoms with Crippen molar-refractivity contribution in [3.63, 3.8) is 0 Å². The van der Waals surface area contributed by atoms with Crippen molar-refractivity contribution in [1.29, 1.82) is 0 Å². The predicted molar refractivity (Wildman–Crippen MR) is 87.1 cm³/mol. The number of hydrogen-bond acceptors (Lipinski definition) is 4. The third-order valence-electron chi connectivity index (χ3n) is 3.11. The smallest absolute Gasteiger partial charge is 0.241 e. The van der Waals surface area contributed by atoms with Crippen LogP contribution in [0, 0.1) is 0 Å². The summed E-state index contributed by atoms with van der Waals surface area (Å²) in [5.74, 6) is 0.788. The molecule has 2 heterocycles. The van der Waals surface area contributed by atoms with E-state index in [1.165, 1.54) is 19.3 Å². The van der Waals surface area contributed by atoms with Crippen LogP contribution in [0.15, 0.2) is 18.3 Å². The number of nitrogens with zero attached hydrogens (tertiary/aromatic N) is 2. The Morgan fingerprint density at radius 2 is 1.95 bits per heavy atom. The van der Waals surface area contributed by atoms with Gasteiger partial charge >= 0.3 is 0 Å². The van der Waals surface area contributed by atoms with Gasteiger partial charge in [0.25, 0.3) is 0 Å². The van der Waals surface area contributed by atoms with E-state index in [-0.39, 0.29) is 30.7 Å². The molecule has 7 heteroatoms. The molecule has 1 saturated heterocycles. The average molecular weight is 321 g/mol. The van der Waals surface area contributed by atoms with Gasteiger partial charge in [0.1, 0.15) is 5.82 Å². The maximum atomic E-state index is 11.4. The fourth-order valence-electron chi connectivity index (χ4n) is 2.03. The summed E-state index contributed by atoms with van der Waals surface area (Å²) >= 11 is 0. The third-order valence-corrected chi connectivity index (χ3v) is 3.11. The van der Waals surface area contributed by atoms with E-state index in [1.807, 2.05) is 12.1 Å². The van der Waals surface area contributed by atoms with Crippen LogP contribution in [-0.4, -0.2) is 30.0 Å². The Hall–Kier alpha value is -1.04. The van der Waals surface area contributed by atoms with E-state index < -0.39 is 6.04 Å². The lowest BCUT2D eigenvalue weighted by Gasteiger charge is -2.27. The van der Waals surface area contributed by atoms with E-state index in [0.717, 1.165) is 18.9 Å². The van der Waals surface area contributed by atoms with Gasteiger partial charge in [-0.25, -0.2) is 4.98 Å². The second kappa shape index (κ2) is 9.00. The molecule has 1 aromatic heterocycles. The number of pyridine rings is 1. The Labute approximate surface area is 132 Å². The van der Waals surface area contributed by atoms with Gasteiger partial charge in [-0.15, -0.1) is 24.8 Å². The minimum absolute atomic E-state index is 0. The summed E-state index contributed by atoms with van der Waals surface area (Å²) in [6, 6.07) is 3.31. The zero-order valence-electron chi connectivity index (χ0n) is 11.5. The number of carbonyl (C=O) groups excluding carboxylic acids is 1. The first-order valence-electron chi connectivity index (χ1n) is 6.44. The van der Waals surface area contributed by atoms with Crippen molar-refractivity contribution >= 4 is 42.2 Å². The number of piperidine rings is 1. The lowest BCUT2D eigenvalue weighted by Crippen LogP contribution is -2.32. The van der Waals surface area contributed by atoms with Gasteiger partial charge in [-0.1, -0.05) is 0 Å². The molecular weight excluding hydrogens is 299 g/mol. The molecular formula is C13H22Cl2N4O. The fourth-order valence-corrected chi connectivity index (χ4v) is 2.03. The molecule has 1 unspecified atom stereocenters. The molecule has 1 amide bonds. The van der Waals surface area contributed by atoms with Crippen molar-refractivity contribution < 1.29 is 4.79 Å². The number of nitrogens with two attached hydrogens (primary N) is 1. The summed E-state index contributed by atoms with van der Waals surface area (Å²) in [4.78, 5) is 18.1. The number of amides is 1. The van der Waals surface area contributed by atoms with Gasteiger partial charge in [-0.3, -0.25) is 4.79 Å². The Morgan fingerprint density at radius 3 is 2.45 bits per heavy atom. The number of anilines is 2. The van der Waals surface area contributed by atoms with E-state index in [4.69, 9.17) is 5.73 Å². The highest BCUT2D eigenvalue weighted by molar-refractivity contribution is 5.94. The van der Waals surface area contributed by atoms with Crippen LogP contribution in [0.3, 0.4) is 0 Å². The molecule has 1 aliphatic rings. The summed E-state index contributed by atoms with van der Waals surface area (Å²) in [6.45, 7) is 3.79. The molecule has 0 bridgehead atoms. The monoisotopic (exact) mass is 320 g/mol. The fraction of sp³-hybridized carbons (Fsp3) is 0.538. The van der Waals surface area contributed by atoms with Crippen LogP contribution < -0.4 is 16.0 Å². The van der Waals surface area contributed by atoms with Crippen LogP contribution in [0.1, 0.15) is 26.2 Å². The van der Waals surface area contributed by atoms with Crippen LogP contribution in [-0.2, 0) is 4.79 Å². The van der Waals surface area contributed by atoms with E-state index in [9.17, 15) is 4.79 Å². The number of hydrogen-bond donors (Lipinski definition) is 2. The summed E-state index contributed by atoms with van der Waals surface area (Å²) in [7, 11) is 0. The zero-order chi connectivity index (χ0) is 13.0. The first-order chi connectivity index (χ1) is 8.66. The van der Waals surface area contributed by atoms with Gasteiger partial charge in [0.05, 0.1) is 17.9 Å². The number of aromatic nitrogens is 1. The van der Waals surface area contributed by atoms with Crippen molar-refractivity contribution in [2.75, 3.05) is 23.3 Å². The van der Waals surface area contributed by atoms with Gasteiger partial charge in [-0.2, -0.15) is 0 Å². The van der Waals surface area contributed by atoms with Gasteiger partial charge in [0, 0.05) is 13.1 Å². The van der Waals surface area contributed by atoms with Crippen LogP contribution in [0.2, 0.25) is 0 Å². The molecule has 0 spiro atoms. The second-order valence-electron chi connectivity index (χ2n) is 4.73. The van der Waals surface area contributed by atoms with E-state index in [1.54, 1.807) is 13.1 Å². The molecule has 114 valence electrons. The molecule has 1 atom stereocenters. The molecule has 1 fully saturated rings. The highest BCUT2D eigenvalue weighted by atomic mass is 35.5. The normalized spacial score (nSPS) is 15.6. The first-order valence-corrected chi connectivity index (χ1v) is 6.44. The van der Waals surface area contributed by atoms with Gasteiger partial charge in [0.15, 0.2) is 0 Å². The molecule has 0 saturated carbocycles. The maximum absolute atomic E-state index is 11.4. The van der Waals surface area contributed by atoms with Crippen molar-refractivity contribution in [3.05, 3.63) is 18.3 Å². The lowest BCUT2D eigenvalue weighted by molar-refractivity contribution is -0.117. The summed E-state index contributed by atoms with van der Waals surface area (Å²) in [6.07, 6.45) is 5.44. The summed E-state index contributed by atoms with van der Waals surface area (Å²) < 4.78 is 0. The van der Waals surface area contributed by atoms with Crippen molar-refractivity contribution in [1.82, 2.24) is 4.98 Å². The van der Waals surface area contributed by atoms with Gasteiger partial charge in [0.2, 0.25) is 5.91 Å². The highest BCUT2D eigenvalue weighted by Gasteiger charge is 2.12. The Bertz CT molecular complexity index is 405. The van der Waals surface area contributed by atoms with Crippen molar-refractivity contribution in [2.45, 2.75) is 32.2 Å². The standard InChI is InChI=1S/C13H20N4O.2ClH/c1-10(14)13(18)16-11-5-6-12(15-9-11)17-7-3-2-4-8-17;;/h5-6,9-10H,2-4,7-8,14H2,1H3,(H,16,18);2*1H. The lowest BCUT2D eigenvalue weighted by atomic mass is 10.1. The molecule has 1 aromatic rings. The van der Waals surface area contributed by atoms with E-state index in [0.29, 0.717) is 5.69 Å². The molecule has 0 radical (unpaired) electrons. The SMILES string of the molecule is CC(N)C(=O)Nc1ccc(N2CCCCC2)nc1.Cl.Cl. The summed E-state index contributed by atoms with van der Waals surface area (Å²) in [5.41, 5.74) is 6.18. The minimum atomic E-state index is -0.508. The van der Waals surface area contributed by atoms with Gasteiger partial charge in [-0.05, 0) is 38.3 Å². The maximum Gasteiger partial charge on any atom is 0.241 e. The van der Waals surface area contributed by atoms with Crippen LogP contribution in [0.5, 0.6) is 0 Å². The van der Waals surface area contributed by atoms with Crippen LogP contribution in [0.4, 0.5) is 11.5 Å². The molecule has 2 rings (SSSR count). The molecule has 5 nitrogen and oxygen atoms in total. The van der Waals surface area contributed by atoms with Crippen LogP contribution in [0.25, 0.3) is 0 Å². The Morgan fingerprint density at radius 1 is 1.30 bits per heavy atom.